The van der Waals surface area contributed by atoms with E-state index in [4.69, 9.17) is 9.26 Å². The predicted octanol–water partition coefficient (Wildman–Crippen LogP) is 3.26. The van der Waals surface area contributed by atoms with Gasteiger partial charge in [0.15, 0.2) is 0 Å². The number of hydrogen-bond donors (Lipinski definition) is 1. The Balaban J connectivity index is 1.37. The minimum Gasteiger partial charge on any atom is -0.495 e. The number of rotatable bonds is 5. The summed E-state index contributed by atoms with van der Waals surface area (Å²) in [6, 6.07) is 6.30. The molecule has 35 heavy (non-hydrogen) atoms. The van der Waals surface area contributed by atoms with E-state index in [1.54, 1.807) is 38.4 Å². The third-order valence-corrected chi connectivity index (χ3v) is 5.93. The van der Waals surface area contributed by atoms with Gasteiger partial charge in [-0.2, -0.15) is 10.1 Å². The standard InChI is InChI=1S/C23H21FN6O5/c1-12-17(24)6-13(20-27-22(35-28-20)14-9-29(10-14)23(32)34-3)7-18(12)26-21(31)16-8-25-30-11-15(33-2)4-5-19(16)30/h4-8,11,14H,9-10H2,1-3H3,(H,26,31). The molecule has 1 aliphatic heterocycles. The molecule has 4 heterocycles. The maximum Gasteiger partial charge on any atom is 0.409 e. The van der Waals surface area contributed by atoms with Crippen LogP contribution in [0, 0.1) is 12.7 Å². The Bertz CT molecular complexity index is 1440. The van der Waals surface area contributed by atoms with Crippen molar-refractivity contribution in [3.8, 4) is 17.1 Å². The second-order valence-corrected chi connectivity index (χ2v) is 8.07. The van der Waals surface area contributed by atoms with Gasteiger partial charge in [0.25, 0.3) is 5.91 Å². The second-order valence-electron chi connectivity index (χ2n) is 8.07. The van der Waals surface area contributed by atoms with Crippen LogP contribution in [0.25, 0.3) is 16.9 Å². The van der Waals surface area contributed by atoms with Crippen molar-refractivity contribution in [1.82, 2.24) is 24.7 Å². The zero-order valence-electron chi connectivity index (χ0n) is 19.1. The van der Waals surface area contributed by atoms with Crippen molar-refractivity contribution in [2.45, 2.75) is 12.8 Å². The van der Waals surface area contributed by atoms with Crippen molar-refractivity contribution >= 4 is 23.2 Å². The highest BCUT2D eigenvalue weighted by Crippen LogP contribution is 2.31. The summed E-state index contributed by atoms with van der Waals surface area (Å²) in [5.41, 5.74) is 1.76. The van der Waals surface area contributed by atoms with E-state index in [9.17, 15) is 14.0 Å². The lowest BCUT2D eigenvalue weighted by Gasteiger charge is -2.35. The molecular formula is C23H21FN6O5. The molecule has 0 atom stereocenters. The number of halogens is 1. The first-order valence-electron chi connectivity index (χ1n) is 10.7. The van der Waals surface area contributed by atoms with Gasteiger partial charge < -0.3 is 24.2 Å². The molecule has 11 nitrogen and oxygen atoms in total. The highest BCUT2D eigenvalue weighted by atomic mass is 19.1. The monoisotopic (exact) mass is 480 g/mol. The van der Waals surface area contributed by atoms with Crippen LogP contribution in [0.4, 0.5) is 14.9 Å². The van der Waals surface area contributed by atoms with Crippen LogP contribution in [0.5, 0.6) is 5.75 Å². The van der Waals surface area contributed by atoms with Crippen molar-refractivity contribution in [3.63, 3.8) is 0 Å². The number of nitrogens with one attached hydrogen (secondary N) is 1. The summed E-state index contributed by atoms with van der Waals surface area (Å²) >= 11 is 0. The molecule has 4 aromatic rings. The third-order valence-electron chi connectivity index (χ3n) is 5.93. The summed E-state index contributed by atoms with van der Waals surface area (Å²) < 4.78 is 31.5. The zero-order valence-corrected chi connectivity index (χ0v) is 19.1. The van der Waals surface area contributed by atoms with Crippen molar-refractivity contribution < 1.29 is 28.0 Å². The van der Waals surface area contributed by atoms with Crippen LogP contribution >= 0.6 is 0 Å². The number of anilines is 1. The number of ether oxygens (including phenoxy) is 2. The number of nitrogens with zero attached hydrogens (tertiary/aromatic N) is 5. The quantitative estimate of drug-likeness (QED) is 0.462. The van der Waals surface area contributed by atoms with Crippen LogP contribution in [0.15, 0.2) is 41.2 Å². The van der Waals surface area contributed by atoms with Crippen LogP contribution < -0.4 is 10.1 Å². The average molecular weight is 480 g/mol. The zero-order chi connectivity index (χ0) is 24.7. The number of aromatic nitrogens is 4. The minimum atomic E-state index is -0.533. The van der Waals surface area contributed by atoms with Gasteiger partial charge >= 0.3 is 6.09 Å². The van der Waals surface area contributed by atoms with Gasteiger partial charge in [-0.3, -0.25) is 4.79 Å². The first-order chi connectivity index (χ1) is 16.9. The maximum atomic E-state index is 14.8. The molecule has 1 fully saturated rings. The molecule has 12 heteroatoms. The molecule has 0 unspecified atom stereocenters. The number of hydrogen-bond acceptors (Lipinski definition) is 8. The Morgan fingerprint density at radius 1 is 1.23 bits per heavy atom. The molecule has 2 amide bonds. The lowest BCUT2D eigenvalue weighted by molar-refractivity contribution is 0.0804. The summed E-state index contributed by atoms with van der Waals surface area (Å²) in [5, 5.41) is 10.9. The van der Waals surface area contributed by atoms with Crippen LogP contribution in [0.3, 0.4) is 0 Å². The number of carbonyl (C=O) groups is 2. The largest absolute Gasteiger partial charge is 0.495 e. The van der Waals surface area contributed by atoms with Gasteiger partial charge in [-0.1, -0.05) is 5.16 Å². The van der Waals surface area contributed by atoms with Crippen LogP contribution in [0.2, 0.25) is 0 Å². The fourth-order valence-corrected chi connectivity index (χ4v) is 3.82. The van der Waals surface area contributed by atoms with Gasteiger partial charge in [-0.25, -0.2) is 13.7 Å². The summed E-state index contributed by atoms with van der Waals surface area (Å²) in [6.07, 6.45) is 2.66. The van der Waals surface area contributed by atoms with Crippen molar-refractivity contribution in [1.29, 1.82) is 0 Å². The molecule has 3 aromatic heterocycles. The normalized spacial score (nSPS) is 13.5. The van der Waals surface area contributed by atoms with Crippen LogP contribution in [0.1, 0.15) is 27.7 Å². The molecule has 1 N–H and O–H groups in total. The summed E-state index contributed by atoms with van der Waals surface area (Å²) in [5.74, 6) is 0.00405. The molecule has 0 radical (unpaired) electrons. The Labute approximate surface area is 198 Å². The van der Waals surface area contributed by atoms with E-state index in [2.05, 4.69) is 25.3 Å². The molecule has 0 saturated carbocycles. The molecular weight excluding hydrogens is 459 g/mol. The minimum absolute atomic E-state index is 0.126. The molecule has 0 spiro atoms. The molecule has 5 rings (SSSR count). The Hall–Kier alpha value is -4.48. The summed E-state index contributed by atoms with van der Waals surface area (Å²) in [7, 11) is 2.86. The first-order valence-corrected chi connectivity index (χ1v) is 10.7. The number of methoxy groups -OCH3 is 2. The van der Waals surface area contributed by atoms with E-state index >= 15 is 0 Å². The Kier molecular flexibility index (Phi) is 5.55. The fourth-order valence-electron chi connectivity index (χ4n) is 3.82. The predicted molar refractivity (Wildman–Crippen MR) is 121 cm³/mol. The molecule has 1 aromatic carbocycles. The Morgan fingerprint density at radius 3 is 2.77 bits per heavy atom. The van der Waals surface area contributed by atoms with E-state index in [1.165, 1.54) is 28.8 Å². The van der Waals surface area contributed by atoms with Crippen molar-refractivity contribution in [3.05, 3.63) is 59.5 Å². The van der Waals surface area contributed by atoms with Crippen molar-refractivity contribution in [2.75, 3.05) is 32.6 Å². The number of likely N-dealkylation sites (tertiary alicyclic amines) is 1. The number of amides is 2. The SMILES string of the molecule is COC(=O)N1CC(c2nc(-c3cc(F)c(C)c(NC(=O)c4cnn5cc(OC)ccc45)c3)no2)C1. The number of pyridine rings is 1. The van der Waals surface area contributed by atoms with Gasteiger partial charge in [0.05, 0.1) is 43.6 Å². The average Bonchev–Trinajstić information content (AvgIpc) is 3.47. The summed E-state index contributed by atoms with van der Waals surface area (Å²) in [4.78, 5) is 30.4. The number of fused-ring (bicyclic) bond motifs is 1. The molecule has 0 aliphatic carbocycles. The van der Waals surface area contributed by atoms with Gasteiger partial charge in [0, 0.05) is 29.9 Å². The van der Waals surface area contributed by atoms with E-state index < -0.39 is 17.8 Å². The van der Waals surface area contributed by atoms with Crippen LogP contribution in [-0.2, 0) is 4.74 Å². The van der Waals surface area contributed by atoms with Gasteiger partial charge in [0.1, 0.15) is 11.6 Å². The number of benzene rings is 1. The second kappa shape index (κ2) is 8.70. The lowest BCUT2D eigenvalue weighted by atomic mass is 10.0. The van der Waals surface area contributed by atoms with Gasteiger partial charge in [-0.15, -0.1) is 0 Å². The van der Waals surface area contributed by atoms with E-state index in [1.807, 2.05) is 0 Å². The van der Waals surface area contributed by atoms with Crippen molar-refractivity contribution in [2.24, 2.45) is 0 Å². The number of carbonyl (C=O) groups excluding carboxylic acids is 2. The molecule has 1 saturated heterocycles. The third kappa shape index (κ3) is 4.03. The van der Waals surface area contributed by atoms with Crippen LogP contribution in [-0.4, -0.2) is 64.0 Å². The van der Waals surface area contributed by atoms with Gasteiger partial charge in [0.2, 0.25) is 11.7 Å². The first kappa shape index (κ1) is 22.3. The maximum absolute atomic E-state index is 14.8. The highest BCUT2D eigenvalue weighted by molar-refractivity contribution is 6.09. The molecule has 1 aliphatic rings. The van der Waals surface area contributed by atoms with E-state index in [-0.39, 0.29) is 23.0 Å². The van der Waals surface area contributed by atoms with E-state index in [0.717, 1.165) is 0 Å². The lowest BCUT2D eigenvalue weighted by Crippen LogP contribution is -2.48. The highest BCUT2D eigenvalue weighted by Gasteiger charge is 2.36. The molecule has 180 valence electrons. The van der Waals surface area contributed by atoms with Gasteiger partial charge in [-0.05, 0) is 31.2 Å². The Morgan fingerprint density at radius 2 is 2.03 bits per heavy atom. The topological polar surface area (TPSA) is 124 Å². The fraction of sp³-hybridized carbons (Fsp3) is 0.261. The van der Waals surface area contributed by atoms with E-state index in [0.29, 0.717) is 41.4 Å². The molecule has 0 bridgehead atoms. The summed E-state index contributed by atoms with van der Waals surface area (Å²) in [6.45, 7) is 2.35. The smallest absolute Gasteiger partial charge is 0.409 e.